The van der Waals surface area contributed by atoms with Crippen molar-refractivity contribution in [2.45, 2.75) is 13.0 Å². The molecule has 2 heterocycles. The number of aromatic nitrogens is 1. The summed E-state index contributed by atoms with van der Waals surface area (Å²) in [5, 5.41) is 9.73. The van der Waals surface area contributed by atoms with E-state index in [1.54, 1.807) is 4.90 Å². The third-order valence-corrected chi connectivity index (χ3v) is 3.63. The largest absolute Gasteiger partial charge is 0.505 e. The average Bonchev–Trinajstić information content (AvgIpc) is 2.47. The van der Waals surface area contributed by atoms with Crippen LogP contribution in [0.5, 0.6) is 5.75 Å². The number of rotatable bonds is 1. The number of hydrogen-bond acceptors (Lipinski definition) is 4. The van der Waals surface area contributed by atoms with Crippen LogP contribution in [0.15, 0.2) is 36.7 Å². The summed E-state index contributed by atoms with van der Waals surface area (Å²) >= 11 is 0. The summed E-state index contributed by atoms with van der Waals surface area (Å²) in [6, 6.07) is 7.34. The maximum Gasteiger partial charge on any atom is 0.258 e. The van der Waals surface area contributed by atoms with Crippen molar-refractivity contribution in [2.75, 3.05) is 12.3 Å². The second-order valence-electron chi connectivity index (χ2n) is 4.85. The SMILES string of the molecule is Nc1cccc2c1CN(C(=O)c1ccncc1O)CC2. The van der Waals surface area contributed by atoms with Crippen LogP contribution in [0.25, 0.3) is 0 Å². The molecule has 5 nitrogen and oxygen atoms in total. The van der Waals surface area contributed by atoms with Crippen LogP contribution >= 0.6 is 0 Å². The number of fused-ring (bicyclic) bond motifs is 1. The van der Waals surface area contributed by atoms with Gasteiger partial charge in [0, 0.05) is 25.0 Å². The molecule has 20 heavy (non-hydrogen) atoms. The van der Waals surface area contributed by atoms with Crippen LogP contribution in [0.2, 0.25) is 0 Å². The predicted octanol–water partition coefficient (Wildman–Crippen LogP) is 1.57. The molecule has 1 aromatic carbocycles. The van der Waals surface area contributed by atoms with Gasteiger partial charge in [-0.3, -0.25) is 9.78 Å². The second-order valence-corrected chi connectivity index (χ2v) is 4.85. The van der Waals surface area contributed by atoms with E-state index in [0.717, 1.165) is 12.0 Å². The van der Waals surface area contributed by atoms with E-state index < -0.39 is 0 Å². The zero-order chi connectivity index (χ0) is 14.1. The molecule has 0 radical (unpaired) electrons. The van der Waals surface area contributed by atoms with Gasteiger partial charge in [0.1, 0.15) is 5.75 Å². The fraction of sp³-hybridized carbons (Fsp3) is 0.200. The molecule has 0 saturated carbocycles. The van der Waals surface area contributed by atoms with Crippen LogP contribution in [0.4, 0.5) is 5.69 Å². The third kappa shape index (κ3) is 2.07. The first-order valence-electron chi connectivity index (χ1n) is 6.45. The molecule has 0 fully saturated rings. The van der Waals surface area contributed by atoms with Crippen molar-refractivity contribution in [3.63, 3.8) is 0 Å². The van der Waals surface area contributed by atoms with Crippen LogP contribution in [-0.2, 0) is 13.0 Å². The molecular weight excluding hydrogens is 254 g/mol. The number of hydrogen-bond donors (Lipinski definition) is 2. The van der Waals surface area contributed by atoms with Gasteiger partial charge in [0.05, 0.1) is 11.8 Å². The number of pyridine rings is 1. The Balaban J connectivity index is 1.89. The van der Waals surface area contributed by atoms with Crippen molar-refractivity contribution in [2.24, 2.45) is 0 Å². The number of anilines is 1. The van der Waals surface area contributed by atoms with E-state index >= 15 is 0 Å². The van der Waals surface area contributed by atoms with Crippen LogP contribution in [0.3, 0.4) is 0 Å². The first-order valence-corrected chi connectivity index (χ1v) is 6.45. The van der Waals surface area contributed by atoms with E-state index in [9.17, 15) is 9.90 Å². The van der Waals surface area contributed by atoms with Crippen molar-refractivity contribution in [3.8, 4) is 5.75 Å². The molecule has 0 saturated heterocycles. The van der Waals surface area contributed by atoms with E-state index in [0.29, 0.717) is 18.8 Å². The van der Waals surface area contributed by atoms with Crippen LogP contribution < -0.4 is 5.73 Å². The highest BCUT2D eigenvalue weighted by atomic mass is 16.3. The number of nitrogen functional groups attached to an aromatic ring is 1. The number of carbonyl (C=O) groups excluding carboxylic acids is 1. The van der Waals surface area contributed by atoms with Gasteiger partial charge in [-0.05, 0) is 29.7 Å². The second kappa shape index (κ2) is 4.85. The summed E-state index contributed by atoms with van der Waals surface area (Å²) in [4.78, 5) is 17.9. The van der Waals surface area contributed by atoms with Gasteiger partial charge in [0.2, 0.25) is 0 Å². The lowest BCUT2D eigenvalue weighted by Crippen LogP contribution is -2.36. The maximum atomic E-state index is 12.4. The maximum absolute atomic E-state index is 12.4. The minimum Gasteiger partial charge on any atom is -0.505 e. The lowest BCUT2D eigenvalue weighted by molar-refractivity contribution is 0.0732. The highest BCUT2D eigenvalue weighted by Gasteiger charge is 2.24. The summed E-state index contributed by atoms with van der Waals surface area (Å²) in [6.07, 6.45) is 3.55. The zero-order valence-electron chi connectivity index (χ0n) is 10.9. The molecule has 2 aromatic rings. The van der Waals surface area contributed by atoms with E-state index in [4.69, 9.17) is 5.73 Å². The van der Waals surface area contributed by atoms with Gasteiger partial charge in [-0.1, -0.05) is 12.1 Å². The summed E-state index contributed by atoms with van der Waals surface area (Å²) < 4.78 is 0. The Morgan fingerprint density at radius 1 is 1.35 bits per heavy atom. The highest BCUT2D eigenvalue weighted by molar-refractivity contribution is 5.96. The molecule has 0 spiro atoms. The number of aromatic hydroxyl groups is 1. The van der Waals surface area contributed by atoms with Crippen molar-refractivity contribution in [3.05, 3.63) is 53.3 Å². The molecule has 0 bridgehead atoms. The van der Waals surface area contributed by atoms with Crippen LogP contribution in [-0.4, -0.2) is 27.4 Å². The normalized spacial score (nSPS) is 13.9. The number of carbonyl (C=O) groups is 1. The summed E-state index contributed by atoms with van der Waals surface area (Å²) in [6.45, 7) is 1.10. The zero-order valence-corrected chi connectivity index (χ0v) is 10.9. The van der Waals surface area contributed by atoms with Crippen LogP contribution in [0.1, 0.15) is 21.5 Å². The minimum absolute atomic E-state index is 0.0932. The molecule has 3 N–H and O–H groups in total. The standard InChI is InChI=1S/C15H15N3O2/c16-13-3-1-2-10-5-7-18(9-12(10)13)15(20)11-4-6-17-8-14(11)19/h1-4,6,8,19H,5,7,9,16H2. The summed E-state index contributed by atoms with van der Waals surface area (Å²) in [5.74, 6) is -0.289. The fourth-order valence-corrected chi connectivity index (χ4v) is 2.52. The molecule has 1 amide bonds. The molecule has 1 aliphatic heterocycles. The van der Waals surface area contributed by atoms with Crippen molar-refractivity contribution in [1.82, 2.24) is 9.88 Å². The van der Waals surface area contributed by atoms with E-state index in [1.807, 2.05) is 18.2 Å². The van der Waals surface area contributed by atoms with Gasteiger partial charge >= 0.3 is 0 Å². The number of nitrogens with two attached hydrogens (primary N) is 1. The number of nitrogens with zero attached hydrogens (tertiary/aromatic N) is 2. The third-order valence-electron chi connectivity index (χ3n) is 3.63. The van der Waals surface area contributed by atoms with Gasteiger partial charge in [0.15, 0.2) is 0 Å². The molecule has 0 atom stereocenters. The average molecular weight is 269 g/mol. The smallest absolute Gasteiger partial charge is 0.258 e. The van der Waals surface area contributed by atoms with Crippen molar-refractivity contribution >= 4 is 11.6 Å². The molecule has 5 heteroatoms. The first kappa shape index (κ1) is 12.5. The van der Waals surface area contributed by atoms with Gasteiger partial charge < -0.3 is 15.7 Å². The van der Waals surface area contributed by atoms with E-state index in [2.05, 4.69) is 4.98 Å². The quantitative estimate of drug-likeness (QED) is 0.770. The van der Waals surface area contributed by atoms with Crippen LogP contribution in [0, 0.1) is 0 Å². The Morgan fingerprint density at radius 2 is 2.20 bits per heavy atom. The van der Waals surface area contributed by atoms with Gasteiger partial charge in [-0.25, -0.2) is 0 Å². The molecule has 1 aromatic heterocycles. The number of amides is 1. The lowest BCUT2D eigenvalue weighted by atomic mass is 9.97. The lowest BCUT2D eigenvalue weighted by Gasteiger charge is -2.29. The Bertz CT molecular complexity index is 670. The van der Waals surface area contributed by atoms with Crippen molar-refractivity contribution in [1.29, 1.82) is 0 Å². The molecule has 1 aliphatic rings. The Morgan fingerprint density at radius 3 is 3.00 bits per heavy atom. The van der Waals surface area contributed by atoms with Gasteiger partial charge in [-0.2, -0.15) is 0 Å². The molecule has 102 valence electrons. The molecule has 3 rings (SSSR count). The Hall–Kier alpha value is -2.56. The topological polar surface area (TPSA) is 79.5 Å². The van der Waals surface area contributed by atoms with Gasteiger partial charge in [0.25, 0.3) is 5.91 Å². The molecular formula is C15H15N3O2. The Kier molecular flexibility index (Phi) is 3.02. The summed E-state index contributed by atoms with van der Waals surface area (Å²) in [5.41, 5.74) is 9.15. The summed E-state index contributed by atoms with van der Waals surface area (Å²) in [7, 11) is 0. The fourth-order valence-electron chi connectivity index (χ4n) is 2.52. The minimum atomic E-state index is -0.196. The number of benzene rings is 1. The van der Waals surface area contributed by atoms with E-state index in [1.165, 1.54) is 24.0 Å². The first-order chi connectivity index (χ1) is 9.66. The molecule has 0 aliphatic carbocycles. The van der Waals surface area contributed by atoms with Crippen molar-refractivity contribution < 1.29 is 9.90 Å². The Labute approximate surface area is 116 Å². The predicted molar refractivity (Wildman–Crippen MR) is 75.2 cm³/mol. The monoisotopic (exact) mass is 269 g/mol. The molecule has 0 unspecified atom stereocenters. The van der Waals surface area contributed by atoms with E-state index in [-0.39, 0.29) is 17.2 Å². The highest BCUT2D eigenvalue weighted by Crippen LogP contribution is 2.26. The van der Waals surface area contributed by atoms with Gasteiger partial charge in [-0.15, -0.1) is 0 Å².